The van der Waals surface area contributed by atoms with E-state index in [0.717, 1.165) is 12.0 Å². The minimum absolute atomic E-state index is 0. The third kappa shape index (κ3) is 15.3. The van der Waals surface area contributed by atoms with Crippen molar-refractivity contribution in [1.82, 2.24) is 0 Å². The van der Waals surface area contributed by atoms with Crippen LogP contribution < -0.4 is 24.8 Å². The van der Waals surface area contributed by atoms with Gasteiger partial charge >= 0.3 is 37.6 Å². The molecule has 27 heavy (non-hydrogen) atoms. The fourth-order valence-electron chi connectivity index (χ4n) is 2.12. The van der Waals surface area contributed by atoms with Crippen LogP contribution in [0.5, 0.6) is 5.75 Å². The molecule has 0 fully saturated rings. The zero-order valence-electron chi connectivity index (χ0n) is 18.3. The van der Waals surface area contributed by atoms with E-state index >= 15 is 0 Å². The van der Waals surface area contributed by atoms with Gasteiger partial charge in [-0.3, -0.25) is 6.08 Å². The van der Waals surface area contributed by atoms with Gasteiger partial charge in [0.15, 0.2) is 0 Å². The van der Waals surface area contributed by atoms with Crippen molar-refractivity contribution >= 4 is 3.81 Å². The van der Waals surface area contributed by atoms with Crippen LogP contribution in [-0.4, -0.2) is 8.92 Å². The third-order valence-corrected chi connectivity index (χ3v) is 3.43. The Morgan fingerprint density at radius 3 is 1.70 bits per heavy atom. The average molecular weight is 446 g/mol. The molecule has 0 aromatic heterocycles. The summed E-state index contributed by atoms with van der Waals surface area (Å²) < 4.78 is 1.42. The Morgan fingerprint density at radius 1 is 0.963 bits per heavy atom. The molecule has 1 aliphatic carbocycles. The van der Waals surface area contributed by atoms with Gasteiger partial charge in [-0.25, -0.2) is 11.6 Å². The zero-order valence-corrected chi connectivity index (χ0v) is 21.4. The summed E-state index contributed by atoms with van der Waals surface area (Å²) in [4.78, 5) is 0. The van der Waals surface area contributed by atoms with Gasteiger partial charge in [0.05, 0.1) is 0 Å². The Kier molecular flexibility index (Phi) is 16.0. The molecule has 0 aliphatic heterocycles. The molecule has 0 saturated heterocycles. The van der Waals surface area contributed by atoms with E-state index in [0.29, 0.717) is 11.2 Å². The maximum Gasteiger partial charge on any atom is 0.116 e. The molecular formula is C23H35Cl2OTi-2. The largest absolute Gasteiger partial charge is 1.00 e. The van der Waals surface area contributed by atoms with Crippen molar-refractivity contribution in [3.63, 3.8) is 0 Å². The molecule has 0 heterocycles. The van der Waals surface area contributed by atoms with Crippen molar-refractivity contribution in [2.75, 3.05) is 0 Å². The summed E-state index contributed by atoms with van der Waals surface area (Å²) in [7, 11) is 0. The van der Waals surface area contributed by atoms with Crippen molar-refractivity contribution in [3.8, 4) is 5.75 Å². The standard InChI is InChI=1S/C11H16O.C9H13.C3H6.2ClH.Ti/c1-8-5-9(11(2,3)4)7-10(12)6-8;1-9(2,3)8-6-4-5-7-8;1-3-2;;;/h5-7,12H,1-4H3;4,6H,5H2,1-3H3;1-2H3;2*1H;/q;-1;;;;+1/p-2. The van der Waals surface area contributed by atoms with E-state index in [1.165, 1.54) is 14.9 Å². The second-order valence-corrected chi connectivity index (χ2v) is 10.3. The van der Waals surface area contributed by atoms with Crippen molar-refractivity contribution in [3.05, 3.63) is 53.1 Å². The summed E-state index contributed by atoms with van der Waals surface area (Å²) in [6, 6.07) is 5.71. The Hall–Kier alpha value is -0.336. The van der Waals surface area contributed by atoms with Gasteiger partial charge in [-0.05, 0) is 41.0 Å². The quantitative estimate of drug-likeness (QED) is 0.454. The van der Waals surface area contributed by atoms with Crippen molar-refractivity contribution < 1.29 is 49.9 Å². The van der Waals surface area contributed by atoms with E-state index in [1.807, 2.05) is 13.0 Å². The molecule has 1 N–H and O–H groups in total. The molecule has 0 radical (unpaired) electrons. The number of allylic oxidation sites excluding steroid dienone is 4. The summed E-state index contributed by atoms with van der Waals surface area (Å²) in [5.74, 6) is 0.361. The van der Waals surface area contributed by atoms with Crippen LogP contribution >= 0.6 is 0 Å². The SMILES string of the molecule is CC(C)(C)C1=[C-]CC=C1.C[C](C)=[Ti+].Cc1cc(O)cc(C(C)(C)C)c1.[Cl-].[Cl-]. The minimum Gasteiger partial charge on any atom is -1.00 e. The molecular weight excluding hydrogens is 411 g/mol. The van der Waals surface area contributed by atoms with Gasteiger partial charge in [0.25, 0.3) is 0 Å². The molecule has 0 atom stereocenters. The first-order valence-corrected chi connectivity index (χ1v) is 9.62. The van der Waals surface area contributed by atoms with Gasteiger partial charge in [0, 0.05) is 0 Å². The molecule has 0 spiro atoms. The molecule has 0 saturated carbocycles. The average Bonchev–Trinajstić information content (AvgIpc) is 2.89. The van der Waals surface area contributed by atoms with Crippen LogP contribution in [-0.2, 0) is 25.4 Å². The Bertz CT molecular complexity index is 609. The van der Waals surface area contributed by atoms with Crippen LogP contribution in [0.3, 0.4) is 0 Å². The van der Waals surface area contributed by atoms with Crippen LogP contribution in [0, 0.1) is 18.4 Å². The maximum atomic E-state index is 9.36. The predicted octanol–water partition coefficient (Wildman–Crippen LogP) is 0.474. The Labute approximate surface area is 191 Å². The molecule has 4 heteroatoms. The third-order valence-electron chi connectivity index (χ3n) is 3.43. The molecule has 1 aromatic carbocycles. The van der Waals surface area contributed by atoms with Crippen LogP contribution in [0.2, 0.25) is 0 Å². The second-order valence-electron chi connectivity index (χ2n) is 8.75. The van der Waals surface area contributed by atoms with E-state index < -0.39 is 0 Å². The van der Waals surface area contributed by atoms with E-state index in [4.69, 9.17) is 0 Å². The number of hydrogen-bond donors (Lipinski definition) is 1. The summed E-state index contributed by atoms with van der Waals surface area (Å²) >= 11 is 2.08. The maximum absolute atomic E-state index is 9.36. The molecule has 153 valence electrons. The topological polar surface area (TPSA) is 20.2 Å². The van der Waals surface area contributed by atoms with Crippen LogP contribution in [0.1, 0.15) is 72.9 Å². The van der Waals surface area contributed by atoms with Gasteiger partial charge in [-0.1, -0.05) is 47.6 Å². The molecule has 1 aliphatic rings. The van der Waals surface area contributed by atoms with Crippen LogP contribution in [0.25, 0.3) is 0 Å². The second kappa shape index (κ2) is 13.8. The Balaban J connectivity index is -0.000000343. The fourth-order valence-corrected chi connectivity index (χ4v) is 2.12. The van der Waals surface area contributed by atoms with Crippen LogP contribution in [0.4, 0.5) is 0 Å². The smallest absolute Gasteiger partial charge is 0.116 e. The number of phenols is 1. The predicted molar refractivity (Wildman–Crippen MR) is 108 cm³/mol. The molecule has 0 amide bonds. The summed E-state index contributed by atoms with van der Waals surface area (Å²) in [6.45, 7) is 19.2. The molecule has 1 nitrogen and oxygen atoms in total. The summed E-state index contributed by atoms with van der Waals surface area (Å²) in [6.07, 6.45) is 8.63. The number of halogens is 2. The summed E-state index contributed by atoms with van der Waals surface area (Å²) in [5, 5.41) is 9.36. The number of benzene rings is 1. The first-order chi connectivity index (χ1) is 11.2. The molecule has 1 aromatic rings. The number of hydrogen-bond acceptors (Lipinski definition) is 1. The monoisotopic (exact) mass is 445 g/mol. The van der Waals surface area contributed by atoms with Gasteiger partial charge in [0.1, 0.15) is 5.75 Å². The van der Waals surface area contributed by atoms with E-state index in [9.17, 15) is 5.11 Å². The molecule has 0 unspecified atom stereocenters. The van der Waals surface area contributed by atoms with Gasteiger partial charge in [-0.15, -0.1) is 6.42 Å². The number of aromatic hydroxyl groups is 1. The van der Waals surface area contributed by atoms with Crippen LogP contribution in [0.15, 0.2) is 35.9 Å². The van der Waals surface area contributed by atoms with Crippen molar-refractivity contribution in [2.24, 2.45) is 5.41 Å². The molecule has 2 rings (SSSR count). The van der Waals surface area contributed by atoms with Gasteiger partial charge in [0.2, 0.25) is 0 Å². The first-order valence-electron chi connectivity index (χ1n) is 8.84. The normalized spacial score (nSPS) is 12.3. The minimum atomic E-state index is 0. The Morgan fingerprint density at radius 2 is 1.44 bits per heavy atom. The number of phenolic OH excluding ortho intramolecular Hbond substituents is 1. The number of rotatable bonds is 0. The zero-order chi connectivity index (χ0) is 19.8. The number of aryl methyl sites for hydroxylation is 1. The molecule has 0 bridgehead atoms. The summed E-state index contributed by atoms with van der Waals surface area (Å²) in [5.41, 5.74) is 4.05. The van der Waals surface area contributed by atoms with Crippen molar-refractivity contribution in [1.29, 1.82) is 0 Å². The van der Waals surface area contributed by atoms with E-state index in [1.54, 1.807) is 6.07 Å². The van der Waals surface area contributed by atoms with Gasteiger partial charge < -0.3 is 29.9 Å². The van der Waals surface area contributed by atoms with Gasteiger partial charge in [-0.2, -0.15) is 6.08 Å². The van der Waals surface area contributed by atoms with Crippen molar-refractivity contribution in [2.45, 2.75) is 74.1 Å². The van der Waals surface area contributed by atoms with E-state index in [2.05, 4.69) is 99.7 Å². The van der Waals surface area contributed by atoms with E-state index in [-0.39, 0.29) is 30.2 Å². The first kappa shape index (κ1) is 31.4. The fraction of sp³-hybridized carbons (Fsp3) is 0.522.